The van der Waals surface area contributed by atoms with E-state index in [2.05, 4.69) is 21.1 Å². The minimum Gasteiger partial charge on any atom is -0.495 e. The first kappa shape index (κ1) is 26.2. The summed E-state index contributed by atoms with van der Waals surface area (Å²) in [6.07, 6.45) is 0.656. The van der Waals surface area contributed by atoms with E-state index in [0.717, 1.165) is 16.3 Å². The number of amidine groups is 1. The third-order valence-corrected chi connectivity index (χ3v) is 6.99. The zero-order valence-corrected chi connectivity index (χ0v) is 22.1. The molecule has 190 valence electrons. The average molecular weight is 534 g/mol. The highest BCUT2D eigenvalue weighted by Gasteiger charge is 2.28. The van der Waals surface area contributed by atoms with Gasteiger partial charge in [-0.05, 0) is 61.1 Å². The maximum absolute atomic E-state index is 13.0. The van der Waals surface area contributed by atoms with Crippen LogP contribution in [0, 0.1) is 0 Å². The molecule has 1 unspecified atom stereocenters. The lowest BCUT2D eigenvalue weighted by molar-refractivity contribution is -0.119. The van der Waals surface area contributed by atoms with E-state index >= 15 is 0 Å². The number of thiocarbonyl (C=S) groups is 1. The molecule has 3 aromatic rings. The second-order valence-electron chi connectivity index (χ2n) is 8.08. The van der Waals surface area contributed by atoms with Crippen molar-refractivity contribution >= 4 is 63.8 Å². The van der Waals surface area contributed by atoms with Crippen molar-refractivity contribution in [1.82, 2.24) is 5.32 Å². The van der Waals surface area contributed by atoms with Gasteiger partial charge in [-0.1, -0.05) is 43.3 Å². The molecule has 0 aromatic heterocycles. The number of ether oxygens (including phenoxy) is 1. The summed E-state index contributed by atoms with van der Waals surface area (Å²) in [6.45, 7) is 1.95. The predicted octanol–water partition coefficient (Wildman–Crippen LogP) is 5.24. The van der Waals surface area contributed by atoms with Gasteiger partial charge in [0, 0.05) is 10.6 Å². The van der Waals surface area contributed by atoms with Crippen molar-refractivity contribution < 1.29 is 14.3 Å². The average Bonchev–Trinajstić information content (AvgIpc) is 3.27. The lowest BCUT2D eigenvalue weighted by Crippen LogP contribution is -2.36. The van der Waals surface area contributed by atoms with E-state index in [-0.39, 0.29) is 23.5 Å². The first-order chi connectivity index (χ1) is 18.0. The first-order valence-electron chi connectivity index (χ1n) is 11.7. The number of para-hydroxylation sites is 3. The summed E-state index contributed by atoms with van der Waals surface area (Å²) >= 11 is 6.90. The third-order valence-electron chi connectivity index (χ3n) is 5.43. The van der Waals surface area contributed by atoms with Crippen molar-refractivity contribution in [3.8, 4) is 5.75 Å². The number of methoxy groups -OCH3 is 1. The minimum atomic E-state index is -0.363. The Labute approximate surface area is 225 Å². The number of nitrogens with zero attached hydrogens (tertiary/aromatic N) is 2. The molecule has 0 aliphatic carbocycles. The smallest absolute Gasteiger partial charge is 0.255 e. The van der Waals surface area contributed by atoms with Crippen molar-refractivity contribution in [2.75, 3.05) is 22.8 Å². The highest BCUT2D eigenvalue weighted by molar-refractivity contribution is 8.00. The van der Waals surface area contributed by atoms with Gasteiger partial charge in [-0.15, -0.1) is 11.8 Å². The zero-order chi connectivity index (χ0) is 26.2. The summed E-state index contributed by atoms with van der Waals surface area (Å²) in [7, 11) is 1.61. The van der Waals surface area contributed by atoms with Gasteiger partial charge >= 0.3 is 0 Å². The maximum atomic E-state index is 13.0. The van der Waals surface area contributed by atoms with Gasteiger partial charge in [0.2, 0.25) is 5.91 Å². The monoisotopic (exact) mass is 533 g/mol. The van der Waals surface area contributed by atoms with Gasteiger partial charge in [0.05, 0.1) is 30.2 Å². The second kappa shape index (κ2) is 12.4. The molecule has 0 saturated heterocycles. The number of nitrogens with one attached hydrogen (secondary N) is 3. The van der Waals surface area contributed by atoms with Crippen molar-refractivity contribution in [2.24, 2.45) is 5.10 Å². The van der Waals surface area contributed by atoms with Crippen LogP contribution in [0.5, 0.6) is 5.75 Å². The van der Waals surface area contributed by atoms with E-state index in [9.17, 15) is 9.59 Å². The number of carbonyl (C=O) groups excluding carboxylic acids is 2. The fourth-order valence-corrected chi connectivity index (χ4v) is 4.90. The van der Waals surface area contributed by atoms with Crippen LogP contribution in [0.15, 0.2) is 88.9 Å². The Morgan fingerprint density at radius 3 is 2.57 bits per heavy atom. The Balaban J connectivity index is 1.37. The molecule has 3 aromatic carbocycles. The molecular formula is C27H27N5O3S2. The van der Waals surface area contributed by atoms with Gasteiger partial charge in [0.15, 0.2) is 5.11 Å². The minimum absolute atomic E-state index is 0.0534. The molecule has 3 N–H and O–H groups in total. The van der Waals surface area contributed by atoms with Crippen LogP contribution in [0.4, 0.5) is 17.1 Å². The number of rotatable bonds is 8. The van der Waals surface area contributed by atoms with Gasteiger partial charge < -0.3 is 20.7 Å². The summed E-state index contributed by atoms with van der Waals surface area (Å²) < 4.78 is 5.35. The van der Waals surface area contributed by atoms with Gasteiger partial charge in [-0.25, -0.2) is 0 Å². The molecule has 8 nitrogen and oxygen atoms in total. The SMILES string of the molecule is CCC(Sc1cccc(NC(=S)Nc2ccccc2OC)c1)C(=O)NC1=NN(c2ccccc2)C(=O)C1. The molecule has 0 spiro atoms. The number of hydrogen-bond donors (Lipinski definition) is 3. The molecule has 1 aliphatic rings. The van der Waals surface area contributed by atoms with Crippen LogP contribution in [-0.4, -0.2) is 35.1 Å². The fraction of sp³-hybridized carbons (Fsp3) is 0.185. The number of hydrazone groups is 1. The standard InChI is InChI=1S/C27H27N5O3S2/c1-3-23(26(34)30-24-17-25(33)32(31-24)19-11-5-4-6-12-19)37-20-13-9-10-18(16-20)28-27(36)29-21-14-7-8-15-22(21)35-2/h4-16,23H,3,17H2,1-2H3,(H2,28,29,36)(H,30,31,34). The summed E-state index contributed by atoms with van der Waals surface area (Å²) in [5, 5.41) is 14.8. The lowest BCUT2D eigenvalue weighted by atomic mass is 10.3. The second-order valence-corrected chi connectivity index (χ2v) is 9.76. The topological polar surface area (TPSA) is 95.1 Å². The molecule has 0 saturated carbocycles. The fourth-order valence-electron chi connectivity index (χ4n) is 3.66. The molecule has 0 fully saturated rings. The van der Waals surface area contributed by atoms with Crippen LogP contribution in [-0.2, 0) is 9.59 Å². The number of amides is 2. The molecular weight excluding hydrogens is 506 g/mol. The molecule has 2 amide bonds. The van der Waals surface area contributed by atoms with Crippen molar-refractivity contribution in [1.29, 1.82) is 0 Å². The van der Waals surface area contributed by atoms with E-state index in [1.54, 1.807) is 19.2 Å². The number of hydrogen-bond acceptors (Lipinski definition) is 6. The van der Waals surface area contributed by atoms with Crippen LogP contribution in [0.2, 0.25) is 0 Å². The zero-order valence-electron chi connectivity index (χ0n) is 20.4. The molecule has 0 bridgehead atoms. The Bertz CT molecular complexity index is 1320. The van der Waals surface area contributed by atoms with Crippen LogP contribution in [0.3, 0.4) is 0 Å². The van der Waals surface area contributed by atoms with E-state index in [1.165, 1.54) is 16.8 Å². The van der Waals surface area contributed by atoms with Gasteiger partial charge in [0.25, 0.3) is 5.91 Å². The predicted molar refractivity (Wildman–Crippen MR) is 153 cm³/mol. The Morgan fingerprint density at radius 1 is 1.05 bits per heavy atom. The van der Waals surface area contributed by atoms with Crippen LogP contribution in [0.1, 0.15) is 19.8 Å². The Hall–Kier alpha value is -3.89. The van der Waals surface area contributed by atoms with E-state index in [0.29, 0.717) is 28.8 Å². The summed E-state index contributed by atoms with van der Waals surface area (Å²) in [4.78, 5) is 26.3. The van der Waals surface area contributed by atoms with Crippen LogP contribution < -0.4 is 25.7 Å². The Morgan fingerprint density at radius 2 is 1.81 bits per heavy atom. The summed E-state index contributed by atoms with van der Waals surface area (Å²) in [5.41, 5.74) is 2.22. The maximum Gasteiger partial charge on any atom is 0.255 e. The highest BCUT2D eigenvalue weighted by Crippen LogP contribution is 2.29. The summed E-state index contributed by atoms with van der Waals surface area (Å²) in [5.74, 6) is 0.661. The molecule has 1 aliphatic heterocycles. The van der Waals surface area contributed by atoms with Crippen LogP contribution >= 0.6 is 24.0 Å². The van der Waals surface area contributed by atoms with Crippen LogP contribution in [0.25, 0.3) is 0 Å². The lowest BCUT2D eigenvalue weighted by Gasteiger charge is -2.16. The van der Waals surface area contributed by atoms with E-state index in [4.69, 9.17) is 17.0 Å². The van der Waals surface area contributed by atoms with Crippen molar-refractivity contribution in [3.63, 3.8) is 0 Å². The molecule has 0 radical (unpaired) electrons. The van der Waals surface area contributed by atoms with E-state index in [1.807, 2.05) is 73.7 Å². The molecule has 1 heterocycles. The third kappa shape index (κ3) is 6.87. The van der Waals surface area contributed by atoms with E-state index < -0.39 is 0 Å². The molecule has 10 heteroatoms. The van der Waals surface area contributed by atoms with Crippen molar-refractivity contribution in [3.05, 3.63) is 78.9 Å². The Kier molecular flexibility index (Phi) is 8.76. The number of benzene rings is 3. The number of thioether (sulfide) groups is 1. The quantitative estimate of drug-likeness (QED) is 0.269. The number of carbonyl (C=O) groups is 2. The van der Waals surface area contributed by atoms with Gasteiger partial charge in [-0.3, -0.25) is 9.59 Å². The number of anilines is 3. The largest absolute Gasteiger partial charge is 0.495 e. The van der Waals surface area contributed by atoms with Gasteiger partial charge in [-0.2, -0.15) is 10.1 Å². The molecule has 37 heavy (non-hydrogen) atoms. The summed E-state index contributed by atoms with van der Waals surface area (Å²) in [6, 6.07) is 24.3. The normalized spacial score (nSPS) is 13.5. The van der Waals surface area contributed by atoms with Gasteiger partial charge in [0.1, 0.15) is 11.6 Å². The molecule has 1 atom stereocenters. The first-order valence-corrected chi connectivity index (χ1v) is 13.0. The molecule has 4 rings (SSSR count). The highest BCUT2D eigenvalue weighted by atomic mass is 32.2. The van der Waals surface area contributed by atoms with Crippen molar-refractivity contribution in [2.45, 2.75) is 29.9 Å².